The van der Waals surface area contributed by atoms with Gasteiger partial charge in [-0.2, -0.15) is 5.10 Å². The smallest absolute Gasteiger partial charge is 0.251 e. The van der Waals surface area contributed by atoms with E-state index in [2.05, 4.69) is 37.0 Å². The van der Waals surface area contributed by atoms with E-state index in [1.54, 1.807) is 22.9 Å². The SMILES string of the molecule is CCNc1cc(C(=O)NC(Cc2ccccc2)[C@H](O)CNCc2nn(C)cc2Br)cc(N2CCCCS2(=O)=O)c1. The van der Waals surface area contributed by atoms with Crippen molar-refractivity contribution in [1.82, 2.24) is 20.4 Å². The van der Waals surface area contributed by atoms with Gasteiger partial charge in [0.15, 0.2) is 0 Å². The van der Waals surface area contributed by atoms with Crippen molar-refractivity contribution in [2.75, 3.05) is 35.0 Å². The van der Waals surface area contributed by atoms with Crippen LogP contribution in [-0.4, -0.2) is 66.7 Å². The van der Waals surface area contributed by atoms with E-state index < -0.39 is 22.2 Å². The zero-order valence-electron chi connectivity index (χ0n) is 22.8. The van der Waals surface area contributed by atoms with Gasteiger partial charge in [-0.15, -0.1) is 0 Å². The van der Waals surface area contributed by atoms with Crippen molar-refractivity contribution in [3.05, 3.63) is 76.0 Å². The van der Waals surface area contributed by atoms with Crippen molar-refractivity contribution in [2.24, 2.45) is 7.05 Å². The molecule has 4 rings (SSSR count). The second kappa shape index (κ2) is 13.6. The van der Waals surface area contributed by atoms with Gasteiger partial charge in [0.25, 0.3) is 5.91 Å². The number of nitrogens with zero attached hydrogens (tertiary/aromatic N) is 3. The number of aromatic nitrogens is 2. The number of hydrogen-bond acceptors (Lipinski definition) is 7. The van der Waals surface area contributed by atoms with E-state index in [1.165, 1.54) is 4.31 Å². The molecule has 3 aromatic rings. The Hall–Kier alpha value is -2.93. The Balaban J connectivity index is 1.54. The first-order chi connectivity index (χ1) is 19.2. The maximum absolute atomic E-state index is 13.6. The summed E-state index contributed by atoms with van der Waals surface area (Å²) < 4.78 is 29.5. The zero-order valence-corrected chi connectivity index (χ0v) is 25.2. The lowest BCUT2D eigenvalue weighted by Crippen LogP contribution is -2.48. The minimum atomic E-state index is -3.45. The second-order valence-electron chi connectivity index (χ2n) is 9.96. The van der Waals surface area contributed by atoms with Gasteiger partial charge in [-0.05, 0) is 65.9 Å². The normalized spacial score (nSPS) is 16.4. The molecule has 216 valence electrons. The van der Waals surface area contributed by atoms with Gasteiger partial charge in [-0.25, -0.2) is 8.42 Å². The van der Waals surface area contributed by atoms with Crippen molar-refractivity contribution in [3.63, 3.8) is 0 Å². The summed E-state index contributed by atoms with van der Waals surface area (Å²) in [5.74, 6) is -0.296. The van der Waals surface area contributed by atoms with Gasteiger partial charge in [0.05, 0.1) is 33.8 Å². The molecule has 1 amide bonds. The number of halogens is 1. The fraction of sp³-hybridized carbons (Fsp3) is 0.429. The minimum absolute atomic E-state index is 0.0907. The molecular weight excluding hydrogens is 596 g/mol. The number of anilines is 2. The molecule has 0 radical (unpaired) electrons. The molecule has 0 bridgehead atoms. The highest BCUT2D eigenvalue weighted by Crippen LogP contribution is 2.28. The van der Waals surface area contributed by atoms with E-state index in [1.807, 2.05) is 50.5 Å². The molecule has 0 saturated carbocycles. The molecular formula is C28H37BrN6O4S. The molecule has 1 unspecified atom stereocenters. The number of hydrogen-bond donors (Lipinski definition) is 4. The highest BCUT2D eigenvalue weighted by Gasteiger charge is 2.28. The Labute approximate surface area is 244 Å². The van der Waals surface area contributed by atoms with Gasteiger partial charge in [-0.3, -0.25) is 13.8 Å². The molecule has 0 aliphatic carbocycles. The van der Waals surface area contributed by atoms with Crippen LogP contribution in [0.1, 0.15) is 41.4 Å². The maximum atomic E-state index is 13.6. The summed E-state index contributed by atoms with van der Waals surface area (Å²) in [6.45, 7) is 3.61. The monoisotopic (exact) mass is 632 g/mol. The summed E-state index contributed by atoms with van der Waals surface area (Å²) in [5.41, 5.74) is 3.24. The molecule has 0 spiro atoms. The molecule has 2 atom stereocenters. The van der Waals surface area contributed by atoms with Crippen molar-refractivity contribution in [2.45, 2.75) is 44.9 Å². The van der Waals surface area contributed by atoms with E-state index in [0.29, 0.717) is 49.4 Å². The predicted octanol–water partition coefficient (Wildman–Crippen LogP) is 3.04. The number of carbonyl (C=O) groups is 1. The van der Waals surface area contributed by atoms with Crippen LogP contribution in [0.4, 0.5) is 11.4 Å². The maximum Gasteiger partial charge on any atom is 0.251 e. The molecule has 4 N–H and O–H groups in total. The van der Waals surface area contributed by atoms with E-state index in [-0.39, 0.29) is 18.2 Å². The third-order valence-electron chi connectivity index (χ3n) is 6.78. The molecule has 1 aliphatic heterocycles. The van der Waals surface area contributed by atoms with Crippen LogP contribution >= 0.6 is 15.9 Å². The molecule has 1 aliphatic rings. The van der Waals surface area contributed by atoms with E-state index in [0.717, 1.165) is 22.2 Å². The van der Waals surface area contributed by atoms with Gasteiger partial charge < -0.3 is 21.1 Å². The standard InChI is InChI=1S/C28H37BrN6O4S/c1-3-31-22-14-21(15-23(16-22)35-11-7-8-12-40(35,38)39)28(37)32-25(13-20-9-5-4-6-10-20)27(36)18-30-17-26-24(29)19-34(2)33-26/h4-6,9-10,14-16,19,25,27,30-31,36H,3,7-8,11-13,17-18H2,1-2H3,(H,32,37)/t25?,27-/m1/s1. The van der Waals surface area contributed by atoms with Gasteiger partial charge in [-0.1, -0.05) is 30.3 Å². The molecule has 1 saturated heterocycles. The number of aryl methyl sites for hydroxylation is 1. The summed E-state index contributed by atoms with van der Waals surface area (Å²) in [6, 6.07) is 14.2. The summed E-state index contributed by atoms with van der Waals surface area (Å²) >= 11 is 3.49. The molecule has 12 heteroatoms. The number of carbonyl (C=O) groups excluding carboxylic acids is 1. The number of nitrogens with one attached hydrogen (secondary N) is 3. The highest BCUT2D eigenvalue weighted by molar-refractivity contribution is 9.10. The first-order valence-electron chi connectivity index (χ1n) is 13.5. The Bertz CT molecular complexity index is 1400. The summed E-state index contributed by atoms with van der Waals surface area (Å²) in [4.78, 5) is 13.6. The lowest BCUT2D eigenvalue weighted by Gasteiger charge is -2.29. The Morgan fingerprint density at radius 3 is 2.62 bits per heavy atom. The predicted molar refractivity (Wildman–Crippen MR) is 161 cm³/mol. The Morgan fingerprint density at radius 2 is 1.95 bits per heavy atom. The number of sulfonamides is 1. The largest absolute Gasteiger partial charge is 0.390 e. The first-order valence-corrected chi connectivity index (χ1v) is 15.9. The molecule has 2 heterocycles. The molecule has 40 heavy (non-hydrogen) atoms. The van der Waals surface area contributed by atoms with Gasteiger partial charge in [0.1, 0.15) is 0 Å². The average Bonchev–Trinajstić information content (AvgIpc) is 3.24. The lowest BCUT2D eigenvalue weighted by atomic mass is 10.00. The van der Waals surface area contributed by atoms with Crippen LogP contribution in [-0.2, 0) is 30.0 Å². The minimum Gasteiger partial charge on any atom is -0.390 e. The topological polar surface area (TPSA) is 129 Å². The van der Waals surface area contributed by atoms with Gasteiger partial charge in [0, 0.05) is 50.7 Å². The third kappa shape index (κ3) is 7.84. The van der Waals surface area contributed by atoms with Crippen LogP contribution in [0.5, 0.6) is 0 Å². The third-order valence-corrected chi connectivity index (χ3v) is 9.31. The van der Waals surface area contributed by atoms with Crippen LogP contribution in [0.2, 0.25) is 0 Å². The van der Waals surface area contributed by atoms with Crippen LogP contribution in [0, 0.1) is 0 Å². The first kappa shape index (κ1) is 30.0. The number of benzene rings is 2. The number of rotatable bonds is 12. The Kier molecular flexibility index (Phi) is 10.2. The van der Waals surface area contributed by atoms with Crippen LogP contribution in [0.15, 0.2) is 59.2 Å². The van der Waals surface area contributed by atoms with E-state index >= 15 is 0 Å². The molecule has 10 nitrogen and oxygen atoms in total. The molecule has 1 fully saturated rings. The van der Waals surface area contributed by atoms with Crippen molar-refractivity contribution in [1.29, 1.82) is 0 Å². The molecule has 1 aromatic heterocycles. The molecule has 2 aromatic carbocycles. The number of amides is 1. The van der Waals surface area contributed by atoms with Gasteiger partial charge in [0.2, 0.25) is 10.0 Å². The van der Waals surface area contributed by atoms with Crippen molar-refractivity contribution < 1.29 is 18.3 Å². The van der Waals surface area contributed by atoms with E-state index in [4.69, 9.17) is 0 Å². The van der Waals surface area contributed by atoms with Crippen molar-refractivity contribution in [3.8, 4) is 0 Å². The van der Waals surface area contributed by atoms with Crippen molar-refractivity contribution >= 4 is 43.2 Å². The number of aliphatic hydroxyl groups excluding tert-OH is 1. The summed E-state index contributed by atoms with van der Waals surface area (Å²) in [7, 11) is -1.61. The zero-order chi connectivity index (χ0) is 28.7. The van der Waals surface area contributed by atoms with Crippen LogP contribution in [0.25, 0.3) is 0 Å². The van der Waals surface area contributed by atoms with Crippen LogP contribution < -0.4 is 20.3 Å². The van der Waals surface area contributed by atoms with E-state index in [9.17, 15) is 18.3 Å². The second-order valence-corrected chi connectivity index (χ2v) is 12.8. The highest BCUT2D eigenvalue weighted by atomic mass is 79.9. The lowest BCUT2D eigenvalue weighted by molar-refractivity contribution is 0.0829. The van der Waals surface area contributed by atoms with Gasteiger partial charge >= 0.3 is 0 Å². The quantitative estimate of drug-likeness (QED) is 0.242. The number of aliphatic hydroxyl groups is 1. The average molecular weight is 634 g/mol. The fourth-order valence-electron chi connectivity index (χ4n) is 4.78. The fourth-order valence-corrected chi connectivity index (χ4v) is 6.92. The van der Waals surface area contributed by atoms with Crippen LogP contribution in [0.3, 0.4) is 0 Å². The summed E-state index contributed by atoms with van der Waals surface area (Å²) in [6.07, 6.45) is 2.77. The Morgan fingerprint density at radius 1 is 1.18 bits per heavy atom. The summed E-state index contributed by atoms with van der Waals surface area (Å²) in [5, 5.41) is 25.0.